The van der Waals surface area contributed by atoms with Crippen LogP contribution in [0.1, 0.15) is 31.7 Å². The highest BCUT2D eigenvalue weighted by Gasteiger charge is 2.43. The van der Waals surface area contributed by atoms with Gasteiger partial charge >= 0.3 is 5.97 Å². The van der Waals surface area contributed by atoms with Gasteiger partial charge in [0.2, 0.25) is 11.8 Å². The van der Waals surface area contributed by atoms with Gasteiger partial charge < -0.3 is 4.74 Å². The van der Waals surface area contributed by atoms with E-state index in [0.717, 1.165) is 24.9 Å². The van der Waals surface area contributed by atoms with Crippen LogP contribution in [-0.4, -0.2) is 53.3 Å². The van der Waals surface area contributed by atoms with Gasteiger partial charge in [-0.15, -0.1) is 0 Å². The number of ether oxygens (including phenoxy) is 1. The second-order valence-corrected chi connectivity index (χ2v) is 6.61. The summed E-state index contributed by atoms with van der Waals surface area (Å²) >= 11 is 0. The molecule has 134 valence electrons. The van der Waals surface area contributed by atoms with Crippen LogP contribution in [0.2, 0.25) is 0 Å². The minimum absolute atomic E-state index is 0.142. The topological polar surface area (TPSA) is 66.9 Å². The van der Waals surface area contributed by atoms with Gasteiger partial charge in [0.05, 0.1) is 31.5 Å². The van der Waals surface area contributed by atoms with Gasteiger partial charge in [0, 0.05) is 6.54 Å². The Hall–Kier alpha value is -2.21. The second kappa shape index (κ2) is 7.78. The maximum atomic E-state index is 12.8. The van der Waals surface area contributed by atoms with E-state index in [2.05, 4.69) is 0 Å². The van der Waals surface area contributed by atoms with E-state index in [1.807, 2.05) is 35.2 Å². The van der Waals surface area contributed by atoms with Crippen molar-refractivity contribution in [3.63, 3.8) is 0 Å². The smallest absolute Gasteiger partial charge is 0.310 e. The quantitative estimate of drug-likeness (QED) is 0.599. The molecule has 2 aliphatic heterocycles. The molecule has 1 aromatic rings. The van der Waals surface area contributed by atoms with Crippen molar-refractivity contribution in [1.29, 1.82) is 0 Å². The summed E-state index contributed by atoms with van der Waals surface area (Å²) in [5.41, 5.74) is 0.938. The molecule has 3 rings (SSSR count). The number of hydrogen-bond acceptors (Lipinski definition) is 5. The van der Waals surface area contributed by atoms with Gasteiger partial charge in [-0.3, -0.25) is 24.2 Å². The lowest BCUT2D eigenvalue weighted by atomic mass is 9.96. The van der Waals surface area contributed by atoms with Gasteiger partial charge in [0.25, 0.3) is 0 Å². The van der Waals surface area contributed by atoms with Crippen LogP contribution in [0.4, 0.5) is 0 Å². The number of nitrogens with zero attached hydrogens (tertiary/aromatic N) is 2. The average Bonchev–Trinajstić information content (AvgIpc) is 2.91. The van der Waals surface area contributed by atoms with Gasteiger partial charge in [-0.05, 0) is 31.9 Å². The van der Waals surface area contributed by atoms with Crippen LogP contribution in [-0.2, 0) is 25.7 Å². The fraction of sp³-hybridized carbons (Fsp3) is 0.526. The summed E-state index contributed by atoms with van der Waals surface area (Å²) in [4.78, 5) is 40.4. The van der Waals surface area contributed by atoms with Crippen LogP contribution in [0.5, 0.6) is 0 Å². The number of piperidine rings is 1. The molecule has 0 saturated carbocycles. The minimum atomic E-state index is -0.451. The molecular formula is C19H24N2O4. The van der Waals surface area contributed by atoms with Gasteiger partial charge in [-0.25, -0.2) is 0 Å². The average molecular weight is 344 g/mol. The fourth-order valence-corrected chi connectivity index (χ4v) is 3.63. The van der Waals surface area contributed by atoms with Crippen LogP contribution < -0.4 is 0 Å². The molecule has 1 aromatic carbocycles. The highest BCUT2D eigenvalue weighted by atomic mass is 16.5. The first kappa shape index (κ1) is 17.6. The summed E-state index contributed by atoms with van der Waals surface area (Å²) in [6.07, 6.45) is 1.80. The third kappa shape index (κ3) is 3.90. The Labute approximate surface area is 147 Å². The van der Waals surface area contributed by atoms with Crippen LogP contribution in [0.15, 0.2) is 30.3 Å². The molecule has 2 heterocycles. The summed E-state index contributed by atoms with van der Waals surface area (Å²) in [6, 6.07) is 9.06. The van der Waals surface area contributed by atoms with Gasteiger partial charge in [0.1, 0.15) is 0 Å². The summed E-state index contributed by atoms with van der Waals surface area (Å²) in [6.45, 7) is 3.69. The molecule has 0 unspecified atom stereocenters. The fourth-order valence-electron chi connectivity index (χ4n) is 3.63. The SMILES string of the molecule is CCOC(=O)[C@@H]1CCCN([C@H]2CC(=O)N(Cc3ccccc3)C2=O)C1. The minimum Gasteiger partial charge on any atom is -0.466 e. The van der Waals surface area contributed by atoms with Crippen molar-refractivity contribution >= 4 is 17.8 Å². The molecule has 0 aromatic heterocycles. The van der Waals surface area contributed by atoms with E-state index in [4.69, 9.17) is 4.74 Å². The molecule has 6 heteroatoms. The number of amides is 2. The lowest BCUT2D eigenvalue weighted by Gasteiger charge is -2.34. The van der Waals surface area contributed by atoms with E-state index in [9.17, 15) is 14.4 Å². The zero-order chi connectivity index (χ0) is 17.8. The van der Waals surface area contributed by atoms with E-state index in [-0.39, 0.29) is 30.1 Å². The summed E-state index contributed by atoms with van der Waals surface area (Å²) in [5, 5.41) is 0. The number of imide groups is 1. The number of hydrogen-bond donors (Lipinski definition) is 0. The number of likely N-dealkylation sites (tertiary alicyclic amines) is 2. The Balaban J connectivity index is 1.66. The Morgan fingerprint density at radius 2 is 2.00 bits per heavy atom. The van der Waals surface area contributed by atoms with Gasteiger partial charge in [0.15, 0.2) is 0 Å². The lowest BCUT2D eigenvalue weighted by Crippen LogP contribution is -2.48. The molecule has 6 nitrogen and oxygen atoms in total. The summed E-state index contributed by atoms with van der Waals surface area (Å²) in [5.74, 6) is -0.708. The predicted molar refractivity (Wildman–Crippen MR) is 91.3 cm³/mol. The Bertz CT molecular complexity index is 646. The number of carbonyl (C=O) groups excluding carboxylic acids is 3. The molecule has 2 aliphatic rings. The summed E-state index contributed by atoms with van der Waals surface area (Å²) in [7, 11) is 0. The molecule has 0 aliphatic carbocycles. The first-order chi connectivity index (χ1) is 12.1. The van der Waals surface area contributed by atoms with E-state index in [0.29, 0.717) is 19.7 Å². The van der Waals surface area contributed by atoms with Crippen molar-refractivity contribution in [2.75, 3.05) is 19.7 Å². The van der Waals surface area contributed by atoms with Gasteiger partial charge in [-0.2, -0.15) is 0 Å². The number of rotatable bonds is 5. The molecule has 0 spiro atoms. The van der Waals surface area contributed by atoms with Crippen molar-refractivity contribution in [1.82, 2.24) is 9.80 Å². The standard InChI is InChI=1S/C19H24N2O4/c1-2-25-19(24)15-9-6-10-20(13-15)16-11-17(22)21(18(16)23)12-14-7-4-3-5-8-14/h3-5,7-8,15-16H,2,6,9-13H2,1H3/t15-,16+/m1/s1. The van der Waals surface area contributed by atoms with Crippen LogP contribution in [0.3, 0.4) is 0 Å². The normalized spacial score (nSPS) is 24.6. The zero-order valence-corrected chi connectivity index (χ0v) is 14.5. The van der Waals surface area contributed by atoms with Gasteiger partial charge in [-0.1, -0.05) is 30.3 Å². The lowest BCUT2D eigenvalue weighted by molar-refractivity contribution is -0.151. The molecule has 2 amide bonds. The second-order valence-electron chi connectivity index (χ2n) is 6.61. The zero-order valence-electron chi connectivity index (χ0n) is 14.5. The molecule has 2 saturated heterocycles. The van der Waals surface area contributed by atoms with Crippen LogP contribution >= 0.6 is 0 Å². The van der Waals surface area contributed by atoms with E-state index >= 15 is 0 Å². The van der Waals surface area contributed by atoms with Crippen molar-refractivity contribution < 1.29 is 19.1 Å². The maximum absolute atomic E-state index is 12.8. The predicted octanol–water partition coefficient (Wildman–Crippen LogP) is 1.59. The molecule has 0 bridgehead atoms. The Morgan fingerprint density at radius 3 is 2.72 bits per heavy atom. The highest BCUT2D eigenvalue weighted by Crippen LogP contribution is 2.26. The first-order valence-electron chi connectivity index (χ1n) is 8.89. The maximum Gasteiger partial charge on any atom is 0.310 e. The molecular weight excluding hydrogens is 320 g/mol. The van der Waals surface area contributed by atoms with Crippen molar-refractivity contribution in [3.05, 3.63) is 35.9 Å². The summed E-state index contributed by atoms with van der Waals surface area (Å²) < 4.78 is 5.11. The largest absolute Gasteiger partial charge is 0.466 e. The van der Waals surface area contributed by atoms with Crippen molar-refractivity contribution in [3.8, 4) is 0 Å². The monoisotopic (exact) mass is 344 g/mol. The first-order valence-corrected chi connectivity index (χ1v) is 8.89. The van der Waals surface area contributed by atoms with E-state index in [1.165, 1.54) is 4.90 Å². The Kier molecular flexibility index (Phi) is 5.48. The number of benzene rings is 1. The molecule has 0 N–H and O–H groups in total. The third-order valence-corrected chi connectivity index (χ3v) is 4.92. The number of esters is 1. The molecule has 2 atom stereocenters. The molecule has 0 radical (unpaired) electrons. The van der Waals surface area contributed by atoms with Crippen LogP contribution in [0, 0.1) is 5.92 Å². The molecule has 2 fully saturated rings. The number of carbonyl (C=O) groups is 3. The van der Waals surface area contributed by atoms with E-state index < -0.39 is 6.04 Å². The van der Waals surface area contributed by atoms with Crippen LogP contribution in [0.25, 0.3) is 0 Å². The molecule has 25 heavy (non-hydrogen) atoms. The Morgan fingerprint density at radius 1 is 1.24 bits per heavy atom. The highest BCUT2D eigenvalue weighted by molar-refractivity contribution is 6.05. The van der Waals surface area contributed by atoms with E-state index in [1.54, 1.807) is 6.92 Å². The third-order valence-electron chi connectivity index (χ3n) is 4.92. The van der Waals surface area contributed by atoms with Crippen molar-refractivity contribution in [2.24, 2.45) is 5.92 Å². The van der Waals surface area contributed by atoms with Crippen molar-refractivity contribution in [2.45, 2.75) is 38.8 Å².